The molecule has 0 spiro atoms. The van der Waals surface area contributed by atoms with Crippen molar-refractivity contribution in [2.24, 2.45) is 0 Å². The lowest BCUT2D eigenvalue weighted by Crippen LogP contribution is -2.33. The molecule has 0 saturated carbocycles. The van der Waals surface area contributed by atoms with Gasteiger partial charge < -0.3 is 15.0 Å². The third kappa shape index (κ3) is 3.28. The van der Waals surface area contributed by atoms with Gasteiger partial charge in [-0.25, -0.2) is 4.98 Å². The third-order valence-corrected chi connectivity index (χ3v) is 4.72. The average molecular weight is 317 g/mol. The Balaban J connectivity index is 1.75. The maximum atomic E-state index is 12.5. The normalized spacial score (nSPS) is 15.4. The van der Waals surface area contributed by atoms with Crippen LogP contribution >= 0.6 is 11.3 Å². The zero-order valence-corrected chi connectivity index (χ0v) is 13.4. The first-order chi connectivity index (χ1) is 10.8. The zero-order chi connectivity index (χ0) is 15.4. The Hall–Kier alpha value is -1.92. The van der Waals surface area contributed by atoms with Crippen LogP contribution in [0.3, 0.4) is 0 Å². The van der Waals surface area contributed by atoms with Gasteiger partial charge >= 0.3 is 0 Å². The summed E-state index contributed by atoms with van der Waals surface area (Å²) in [7, 11) is 1.64. The van der Waals surface area contributed by atoms with E-state index in [0.717, 1.165) is 48.9 Å². The molecule has 1 aromatic heterocycles. The summed E-state index contributed by atoms with van der Waals surface area (Å²) < 4.78 is 5.16. The van der Waals surface area contributed by atoms with Gasteiger partial charge in [0.25, 0.3) is 5.91 Å². The second kappa shape index (κ2) is 6.89. The summed E-state index contributed by atoms with van der Waals surface area (Å²) in [6, 6.07) is 7.72. The molecule has 1 amide bonds. The minimum atomic E-state index is 0.0842. The number of thiazole rings is 1. The molecule has 1 aliphatic rings. The van der Waals surface area contributed by atoms with E-state index in [1.807, 2.05) is 29.2 Å². The van der Waals surface area contributed by atoms with Crippen LogP contribution in [0.1, 0.15) is 16.1 Å². The van der Waals surface area contributed by atoms with E-state index >= 15 is 0 Å². The topological polar surface area (TPSA) is 54.5 Å². The number of benzene rings is 1. The van der Waals surface area contributed by atoms with Crippen molar-refractivity contribution in [1.82, 2.24) is 15.2 Å². The second-order valence-electron chi connectivity index (χ2n) is 5.15. The number of hydrogen-bond acceptors (Lipinski definition) is 5. The van der Waals surface area contributed by atoms with Crippen molar-refractivity contribution in [1.29, 1.82) is 0 Å². The number of rotatable bonds is 3. The van der Waals surface area contributed by atoms with E-state index in [0.29, 0.717) is 4.88 Å². The Morgan fingerprint density at radius 3 is 2.86 bits per heavy atom. The molecule has 1 aromatic carbocycles. The van der Waals surface area contributed by atoms with Crippen LogP contribution in [0, 0.1) is 0 Å². The Kier molecular flexibility index (Phi) is 4.70. The van der Waals surface area contributed by atoms with Crippen molar-refractivity contribution in [2.45, 2.75) is 6.42 Å². The van der Waals surface area contributed by atoms with Gasteiger partial charge in [-0.05, 0) is 37.2 Å². The molecule has 3 rings (SSSR count). The molecule has 0 aliphatic carbocycles. The molecule has 1 N–H and O–H groups in total. The summed E-state index contributed by atoms with van der Waals surface area (Å²) in [5.41, 5.74) is 1.00. The standard InChI is InChI=1S/C16H19N3O2S/c1-21-13-5-3-12(4-6-13)15-18-11-14(22-15)16(20)19-9-2-7-17-8-10-19/h3-6,11,17H,2,7-10H2,1H3. The van der Waals surface area contributed by atoms with E-state index < -0.39 is 0 Å². The van der Waals surface area contributed by atoms with Crippen LogP contribution in [0.2, 0.25) is 0 Å². The largest absolute Gasteiger partial charge is 0.497 e. The lowest BCUT2D eigenvalue weighted by molar-refractivity contribution is 0.0771. The van der Waals surface area contributed by atoms with Crippen LogP contribution in [-0.4, -0.2) is 49.1 Å². The maximum absolute atomic E-state index is 12.5. The average Bonchev–Trinajstić information content (AvgIpc) is 2.90. The monoisotopic (exact) mass is 317 g/mol. The number of carbonyl (C=O) groups excluding carboxylic acids is 1. The molecule has 0 atom stereocenters. The number of nitrogens with zero attached hydrogens (tertiary/aromatic N) is 2. The lowest BCUT2D eigenvalue weighted by atomic mass is 10.2. The molecular weight excluding hydrogens is 298 g/mol. The summed E-state index contributed by atoms with van der Waals surface area (Å²) in [5, 5.41) is 4.17. The van der Waals surface area contributed by atoms with Crippen LogP contribution in [0.15, 0.2) is 30.5 Å². The SMILES string of the molecule is COc1ccc(-c2ncc(C(=O)N3CCCNCC3)s2)cc1. The number of amides is 1. The summed E-state index contributed by atoms with van der Waals surface area (Å²) in [4.78, 5) is 19.6. The lowest BCUT2D eigenvalue weighted by Gasteiger charge is -2.18. The first kappa shape index (κ1) is 15.0. The molecule has 0 unspecified atom stereocenters. The third-order valence-electron chi connectivity index (χ3n) is 3.68. The summed E-state index contributed by atoms with van der Waals surface area (Å²) in [6.07, 6.45) is 2.68. The van der Waals surface area contributed by atoms with Crippen LogP contribution < -0.4 is 10.1 Å². The Labute approximate surface area is 133 Å². The van der Waals surface area contributed by atoms with E-state index in [1.165, 1.54) is 11.3 Å². The predicted molar refractivity (Wildman–Crippen MR) is 87.5 cm³/mol. The molecule has 1 saturated heterocycles. The molecule has 1 fully saturated rings. The Morgan fingerprint density at radius 1 is 1.27 bits per heavy atom. The zero-order valence-electron chi connectivity index (χ0n) is 12.5. The first-order valence-corrected chi connectivity index (χ1v) is 8.20. The fraction of sp³-hybridized carbons (Fsp3) is 0.375. The van der Waals surface area contributed by atoms with Gasteiger partial charge in [0.1, 0.15) is 15.6 Å². The molecule has 22 heavy (non-hydrogen) atoms. The molecule has 116 valence electrons. The second-order valence-corrected chi connectivity index (χ2v) is 6.18. The molecule has 6 heteroatoms. The molecule has 2 aromatic rings. The highest BCUT2D eigenvalue weighted by molar-refractivity contribution is 7.16. The van der Waals surface area contributed by atoms with E-state index in [-0.39, 0.29) is 5.91 Å². The number of hydrogen-bond donors (Lipinski definition) is 1. The molecule has 1 aliphatic heterocycles. The summed E-state index contributed by atoms with van der Waals surface area (Å²) in [5.74, 6) is 0.898. The molecule has 0 radical (unpaired) electrons. The first-order valence-electron chi connectivity index (χ1n) is 7.38. The van der Waals surface area contributed by atoms with Crippen LogP contribution in [0.4, 0.5) is 0 Å². The summed E-state index contributed by atoms with van der Waals surface area (Å²) in [6.45, 7) is 3.40. The maximum Gasteiger partial charge on any atom is 0.265 e. The van der Waals surface area contributed by atoms with E-state index in [1.54, 1.807) is 13.3 Å². The van der Waals surface area contributed by atoms with Crippen LogP contribution in [-0.2, 0) is 0 Å². The Morgan fingerprint density at radius 2 is 2.09 bits per heavy atom. The van der Waals surface area contributed by atoms with Crippen molar-refractivity contribution in [3.05, 3.63) is 35.3 Å². The fourth-order valence-corrected chi connectivity index (χ4v) is 3.33. The van der Waals surface area contributed by atoms with E-state index in [9.17, 15) is 4.79 Å². The number of aromatic nitrogens is 1. The van der Waals surface area contributed by atoms with Crippen molar-refractivity contribution in [2.75, 3.05) is 33.3 Å². The highest BCUT2D eigenvalue weighted by atomic mass is 32.1. The predicted octanol–water partition coefficient (Wildman–Crippen LogP) is 2.25. The van der Waals surface area contributed by atoms with Crippen LogP contribution in [0.5, 0.6) is 5.75 Å². The van der Waals surface area contributed by atoms with Crippen molar-refractivity contribution >= 4 is 17.2 Å². The number of nitrogens with one attached hydrogen (secondary N) is 1. The highest BCUT2D eigenvalue weighted by Gasteiger charge is 2.19. The molecule has 2 heterocycles. The minimum Gasteiger partial charge on any atom is -0.497 e. The van der Waals surface area contributed by atoms with Crippen molar-refractivity contribution in [3.63, 3.8) is 0 Å². The number of carbonyl (C=O) groups is 1. The van der Waals surface area contributed by atoms with Gasteiger partial charge in [0.15, 0.2) is 0 Å². The van der Waals surface area contributed by atoms with Gasteiger partial charge in [-0.3, -0.25) is 4.79 Å². The van der Waals surface area contributed by atoms with Gasteiger partial charge in [0.2, 0.25) is 0 Å². The quantitative estimate of drug-likeness (QED) is 0.943. The highest BCUT2D eigenvalue weighted by Crippen LogP contribution is 2.27. The van der Waals surface area contributed by atoms with E-state index in [2.05, 4.69) is 10.3 Å². The van der Waals surface area contributed by atoms with Gasteiger partial charge in [0.05, 0.1) is 13.3 Å². The number of methoxy groups -OCH3 is 1. The molecular formula is C16H19N3O2S. The summed E-state index contributed by atoms with van der Waals surface area (Å²) >= 11 is 1.44. The van der Waals surface area contributed by atoms with Gasteiger partial charge in [0, 0.05) is 25.2 Å². The van der Waals surface area contributed by atoms with Gasteiger partial charge in [-0.1, -0.05) is 0 Å². The molecule has 5 nitrogen and oxygen atoms in total. The Bertz CT molecular complexity index is 631. The van der Waals surface area contributed by atoms with Gasteiger partial charge in [-0.2, -0.15) is 0 Å². The van der Waals surface area contributed by atoms with Crippen molar-refractivity contribution < 1.29 is 9.53 Å². The minimum absolute atomic E-state index is 0.0842. The van der Waals surface area contributed by atoms with Crippen LogP contribution in [0.25, 0.3) is 10.6 Å². The van der Waals surface area contributed by atoms with E-state index in [4.69, 9.17) is 4.74 Å². The smallest absolute Gasteiger partial charge is 0.265 e. The van der Waals surface area contributed by atoms with Crippen molar-refractivity contribution in [3.8, 4) is 16.3 Å². The number of ether oxygens (including phenoxy) is 1. The fourth-order valence-electron chi connectivity index (χ4n) is 2.44. The van der Waals surface area contributed by atoms with Gasteiger partial charge in [-0.15, -0.1) is 11.3 Å². The molecule has 0 bridgehead atoms.